The van der Waals surface area contributed by atoms with Crippen molar-refractivity contribution in [3.05, 3.63) is 24.0 Å². The standard InChI is InChI=1S/C11H16FNO/c1-8(2)7-14-9-4-5-11(13-3)10(12)6-9/h4-6,8,13H,7H2,1-3H3. The highest BCUT2D eigenvalue weighted by atomic mass is 19.1. The third-order valence-electron chi connectivity index (χ3n) is 1.79. The molecule has 0 aromatic heterocycles. The SMILES string of the molecule is CNc1ccc(OCC(C)C)cc1F. The number of rotatable bonds is 4. The average molecular weight is 197 g/mol. The van der Waals surface area contributed by atoms with Gasteiger partial charge in [-0.1, -0.05) is 13.8 Å². The quantitative estimate of drug-likeness (QED) is 0.801. The molecular formula is C11H16FNO. The molecule has 1 aromatic rings. The second-order valence-electron chi connectivity index (χ2n) is 3.60. The van der Waals surface area contributed by atoms with E-state index in [-0.39, 0.29) is 5.82 Å². The highest BCUT2D eigenvalue weighted by molar-refractivity contribution is 5.47. The van der Waals surface area contributed by atoms with Gasteiger partial charge in [0.25, 0.3) is 0 Å². The zero-order chi connectivity index (χ0) is 10.6. The van der Waals surface area contributed by atoms with Crippen molar-refractivity contribution < 1.29 is 9.13 Å². The van der Waals surface area contributed by atoms with Crippen LogP contribution in [0.5, 0.6) is 5.75 Å². The molecule has 1 rings (SSSR count). The summed E-state index contributed by atoms with van der Waals surface area (Å²) in [5.74, 6) is 0.742. The first-order valence-electron chi connectivity index (χ1n) is 4.73. The molecule has 0 atom stereocenters. The van der Waals surface area contributed by atoms with Crippen LogP contribution in [0, 0.1) is 11.7 Å². The normalized spacial score (nSPS) is 10.4. The zero-order valence-corrected chi connectivity index (χ0v) is 8.80. The van der Waals surface area contributed by atoms with Crippen molar-refractivity contribution in [1.29, 1.82) is 0 Å². The molecule has 78 valence electrons. The molecule has 0 amide bonds. The third-order valence-corrected chi connectivity index (χ3v) is 1.79. The monoisotopic (exact) mass is 197 g/mol. The molecular weight excluding hydrogens is 181 g/mol. The van der Waals surface area contributed by atoms with Gasteiger partial charge in [0.15, 0.2) is 0 Å². The molecule has 2 nitrogen and oxygen atoms in total. The lowest BCUT2D eigenvalue weighted by Gasteiger charge is -2.09. The van der Waals surface area contributed by atoms with Crippen LogP contribution in [-0.4, -0.2) is 13.7 Å². The van der Waals surface area contributed by atoms with Gasteiger partial charge < -0.3 is 10.1 Å². The summed E-state index contributed by atoms with van der Waals surface area (Å²) in [5, 5.41) is 2.76. The molecule has 0 heterocycles. The average Bonchev–Trinajstić information content (AvgIpc) is 2.15. The molecule has 0 unspecified atom stereocenters. The Kier molecular flexibility index (Phi) is 3.74. The molecule has 0 spiro atoms. The molecule has 0 saturated carbocycles. The van der Waals surface area contributed by atoms with Gasteiger partial charge in [0, 0.05) is 13.1 Å². The van der Waals surface area contributed by atoms with Gasteiger partial charge in [-0.3, -0.25) is 0 Å². The van der Waals surface area contributed by atoms with Crippen LogP contribution in [0.25, 0.3) is 0 Å². The van der Waals surface area contributed by atoms with Crippen LogP contribution in [0.15, 0.2) is 18.2 Å². The number of anilines is 1. The van der Waals surface area contributed by atoms with E-state index in [1.54, 1.807) is 19.2 Å². The van der Waals surface area contributed by atoms with Crippen molar-refractivity contribution in [2.45, 2.75) is 13.8 Å². The number of ether oxygens (including phenoxy) is 1. The molecule has 0 aliphatic heterocycles. The first kappa shape index (κ1) is 10.8. The summed E-state index contributed by atoms with van der Waals surface area (Å²) >= 11 is 0. The summed E-state index contributed by atoms with van der Waals surface area (Å²) in [6.45, 7) is 4.72. The number of hydrogen-bond donors (Lipinski definition) is 1. The number of benzene rings is 1. The molecule has 0 bridgehead atoms. The largest absolute Gasteiger partial charge is 0.493 e. The van der Waals surface area contributed by atoms with Crippen molar-refractivity contribution >= 4 is 5.69 Å². The van der Waals surface area contributed by atoms with Crippen molar-refractivity contribution in [3.63, 3.8) is 0 Å². The van der Waals surface area contributed by atoms with Crippen molar-refractivity contribution in [3.8, 4) is 5.75 Å². The van der Waals surface area contributed by atoms with E-state index in [4.69, 9.17) is 4.74 Å². The molecule has 14 heavy (non-hydrogen) atoms. The predicted molar refractivity (Wildman–Crippen MR) is 56.3 cm³/mol. The van der Waals surface area contributed by atoms with E-state index in [0.717, 1.165) is 0 Å². The van der Waals surface area contributed by atoms with Gasteiger partial charge in [-0.2, -0.15) is 0 Å². The summed E-state index contributed by atoms with van der Waals surface area (Å²) in [6.07, 6.45) is 0. The molecule has 0 fully saturated rings. The van der Waals surface area contributed by atoms with Crippen molar-refractivity contribution in [2.75, 3.05) is 19.0 Å². The Morgan fingerprint density at radius 1 is 1.43 bits per heavy atom. The summed E-state index contributed by atoms with van der Waals surface area (Å²) in [6, 6.07) is 4.83. The lowest BCUT2D eigenvalue weighted by Crippen LogP contribution is -2.04. The Balaban J connectivity index is 2.66. The summed E-state index contributed by atoms with van der Waals surface area (Å²) in [4.78, 5) is 0. The fraction of sp³-hybridized carbons (Fsp3) is 0.455. The van der Waals surface area contributed by atoms with Gasteiger partial charge in [0.1, 0.15) is 11.6 Å². The lowest BCUT2D eigenvalue weighted by molar-refractivity contribution is 0.270. The Hall–Kier alpha value is -1.25. The van der Waals surface area contributed by atoms with Crippen molar-refractivity contribution in [2.24, 2.45) is 5.92 Å². The number of nitrogens with one attached hydrogen (secondary N) is 1. The Bertz CT molecular complexity index is 299. The molecule has 0 radical (unpaired) electrons. The topological polar surface area (TPSA) is 21.3 Å². The maximum Gasteiger partial charge on any atom is 0.149 e. The first-order valence-corrected chi connectivity index (χ1v) is 4.73. The number of hydrogen-bond acceptors (Lipinski definition) is 2. The smallest absolute Gasteiger partial charge is 0.149 e. The summed E-state index contributed by atoms with van der Waals surface area (Å²) < 4.78 is 18.6. The van der Waals surface area contributed by atoms with E-state index in [1.807, 2.05) is 0 Å². The second-order valence-corrected chi connectivity index (χ2v) is 3.60. The maximum absolute atomic E-state index is 13.2. The highest BCUT2D eigenvalue weighted by Crippen LogP contribution is 2.20. The maximum atomic E-state index is 13.2. The Morgan fingerprint density at radius 3 is 2.64 bits per heavy atom. The van der Waals surface area contributed by atoms with Crippen LogP contribution in [-0.2, 0) is 0 Å². The van der Waals surface area contributed by atoms with E-state index >= 15 is 0 Å². The van der Waals surface area contributed by atoms with E-state index in [9.17, 15) is 4.39 Å². The van der Waals surface area contributed by atoms with Crippen LogP contribution in [0.4, 0.5) is 10.1 Å². The molecule has 0 aliphatic carbocycles. The van der Waals surface area contributed by atoms with E-state index in [0.29, 0.717) is 24.0 Å². The molecule has 3 heteroatoms. The van der Waals surface area contributed by atoms with Crippen molar-refractivity contribution in [1.82, 2.24) is 0 Å². The zero-order valence-electron chi connectivity index (χ0n) is 8.80. The van der Waals surface area contributed by atoms with Crippen LogP contribution in [0.3, 0.4) is 0 Å². The third kappa shape index (κ3) is 2.91. The van der Waals surface area contributed by atoms with Gasteiger partial charge in [0.2, 0.25) is 0 Å². The molecule has 1 aromatic carbocycles. The van der Waals surface area contributed by atoms with Gasteiger partial charge in [-0.05, 0) is 18.1 Å². The highest BCUT2D eigenvalue weighted by Gasteiger charge is 2.02. The van der Waals surface area contributed by atoms with E-state index in [1.165, 1.54) is 6.07 Å². The van der Waals surface area contributed by atoms with Crippen LogP contribution >= 0.6 is 0 Å². The minimum absolute atomic E-state index is 0.284. The van der Waals surface area contributed by atoms with Gasteiger partial charge in [-0.25, -0.2) is 4.39 Å². The van der Waals surface area contributed by atoms with Gasteiger partial charge in [0.05, 0.1) is 12.3 Å². The predicted octanol–water partition coefficient (Wildman–Crippen LogP) is 2.90. The first-order chi connectivity index (χ1) is 6.63. The molecule has 1 N–H and O–H groups in total. The van der Waals surface area contributed by atoms with Gasteiger partial charge >= 0.3 is 0 Å². The second kappa shape index (κ2) is 4.84. The Labute approximate surface area is 84.1 Å². The molecule has 0 aliphatic rings. The lowest BCUT2D eigenvalue weighted by atomic mass is 10.2. The minimum atomic E-state index is -0.284. The van der Waals surface area contributed by atoms with Crippen LogP contribution in [0.2, 0.25) is 0 Å². The minimum Gasteiger partial charge on any atom is -0.493 e. The fourth-order valence-electron chi connectivity index (χ4n) is 1.05. The fourth-order valence-corrected chi connectivity index (χ4v) is 1.05. The van der Waals surface area contributed by atoms with Gasteiger partial charge in [-0.15, -0.1) is 0 Å². The van der Waals surface area contributed by atoms with E-state index in [2.05, 4.69) is 19.2 Å². The summed E-state index contributed by atoms with van der Waals surface area (Å²) in [5.41, 5.74) is 0.488. The van der Waals surface area contributed by atoms with Crippen LogP contribution in [0.1, 0.15) is 13.8 Å². The molecule has 0 saturated heterocycles. The number of halogens is 1. The van der Waals surface area contributed by atoms with E-state index < -0.39 is 0 Å². The Morgan fingerprint density at radius 2 is 2.14 bits per heavy atom. The summed E-state index contributed by atoms with van der Waals surface area (Å²) in [7, 11) is 1.69. The van der Waals surface area contributed by atoms with Crippen LogP contribution < -0.4 is 10.1 Å².